The first-order chi connectivity index (χ1) is 11.5. The summed E-state index contributed by atoms with van der Waals surface area (Å²) in [6.07, 6.45) is 0. The first kappa shape index (κ1) is 15.7. The zero-order chi connectivity index (χ0) is 17.3. The fourth-order valence-electron chi connectivity index (χ4n) is 2.47. The zero-order valence-corrected chi connectivity index (χ0v) is 12.8. The van der Waals surface area contributed by atoms with Crippen LogP contribution in [0.1, 0.15) is 17.3 Å². The highest BCUT2D eigenvalue weighted by atomic mass is 19.1. The van der Waals surface area contributed by atoms with Crippen LogP contribution in [0.5, 0.6) is 0 Å². The van der Waals surface area contributed by atoms with Crippen LogP contribution in [0.4, 0.5) is 10.1 Å². The van der Waals surface area contributed by atoms with Gasteiger partial charge in [-0.1, -0.05) is 0 Å². The summed E-state index contributed by atoms with van der Waals surface area (Å²) < 4.78 is 14.2. The average Bonchev–Trinajstić information content (AvgIpc) is 2.57. The number of halogens is 1. The van der Waals surface area contributed by atoms with Crippen molar-refractivity contribution in [3.8, 4) is 0 Å². The maximum Gasteiger partial charge on any atom is 0.316 e. The molecule has 3 rings (SSSR count). The number of H-pyrrole nitrogens is 1. The van der Waals surface area contributed by atoms with E-state index in [1.807, 2.05) is 0 Å². The second-order valence-electron chi connectivity index (χ2n) is 5.20. The third kappa shape index (κ3) is 2.83. The smallest absolute Gasteiger partial charge is 0.316 e. The van der Waals surface area contributed by atoms with E-state index in [-0.39, 0.29) is 0 Å². The van der Waals surface area contributed by atoms with Crippen molar-refractivity contribution in [2.45, 2.75) is 13.5 Å². The Bertz CT molecular complexity index is 1040. The minimum absolute atomic E-state index is 0.309. The molecular formula is C17H14FN3O3. The van der Waals surface area contributed by atoms with Gasteiger partial charge in [-0.15, -0.1) is 0 Å². The first-order valence-corrected chi connectivity index (χ1v) is 7.33. The van der Waals surface area contributed by atoms with Crippen molar-refractivity contribution >= 4 is 22.6 Å². The molecule has 6 nitrogen and oxygen atoms in total. The number of fused-ring (bicyclic) bond motifs is 1. The molecular weight excluding hydrogens is 313 g/mol. The van der Waals surface area contributed by atoms with Gasteiger partial charge < -0.3 is 14.9 Å². The van der Waals surface area contributed by atoms with Crippen LogP contribution in [0.25, 0.3) is 11.0 Å². The van der Waals surface area contributed by atoms with E-state index in [0.717, 1.165) is 0 Å². The Kier molecular flexibility index (Phi) is 3.99. The fraction of sp³-hybridized carbons (Fsp3) is 0.118. The van der Waals surface area contributed by atoms with Crippen LogP contribution in [0.15, 0.2) is 52.1 Å². The van der Waals surface area contributed by atoms with Crippen LogP contribution in [0.2, 0.25) is 0 Å². The quantitative estimate of drug-likeness (QED) is 0.723. The van der Waals surface area contributed by atoms with Gasteiger partial charge in [-0.2, -0.15) is 0 Å². The van der Waals surface area contributed by atoms with Gasteiger partial charge in [0.25, 0.3) is 5.91 Å². The molecule has 0 aliphatic heterocycles. The standard InChI is InChI=1S/C17H14FN3O3/c1-2-21-14-8-3-10(9-13(14)20-16(23)17(21)24)15(22)19-12-6-4-11(18)5-7-12/h3-9H,2H2,1H3,(H,19,22)(H,20,23). The predicted octanol–water partition coefficient (Wildman–Crippen LogP) is 2.10. The normalized spacial score (nSPS) is 10.8. The molecule has 1 heterocycles. The molecule has 7 heteroatoms. The molecule has 122 valence electrons. The van der Waals surface area contributed by atoms with Crippen molar-refractivity contribution in [1.82, 2.24) is 9.55 Å². The van der Waals surface area contributed by atoms with Gasteiger partial charge in [-0.05, 0) is 49.4 Å². The summed E-state index contributed by atoms with van der Waals surface area (Å²) in [5.74, 6) is -0.799. The minimum Gasteiger partial charge on any atom is -0.322 e. The lowest BCUT2D eigenvalue weighted by Gasteiger charge is -2.09. The van der Waals surface area contributed by atoms with E-state index in [4.69, 9.17) is 0 Å². The summed E-state index contributed by atoms with van der Waals surface area (Å²) in [5.41, 5.74) is 0.333. The molecule has 1 amide bonds. The molecule has 0 spiro atoms. The lowest BCUT2D eigenvalue weighted by Crippen LogP contribution is -2.36. The van der Waals surface area contributed by atoms with Crippen LogP contribution in [-0.4, -0.2) is 15.5 Å². The molecule has 0 bridgehead atoms. The van der Waals surface area contributed by atoms with Gasteiger partial charge in [-0.25, -0.2) is 4.39 Å². The lowest BCUT2D eigenvalue weighted by atomic mass is 10.1. The van der Waals surface area contributed by atoms with Crippen LogP contribution >= 0.6 is 0 Å². The predicted molar refractivity (Wildman–Crippen MR) is 88.9 cm³/mol. The molecule has 0 fully saturated rings. The van der Waals surface area contributed by atoms with Gasteiger partial charge in [0.1, 0.15) is 5.82 Å². The van der Waals surface area contributed by atoms with Crippen molar-refractivity contribution in [1.29, 1.82) is 0 Å². The number of anilines is 1. The molecule has 0 aliphatic carbocycles. The number of aromatic amines is 1. The highest BCUT2D eigenvalue weighted by Crippen LogP contribution is 2.14. The maximum absolute atomic E-state index is 12.9. The van der Waals surface area contributed by atoms with E-state index in [9.17, 15) is 18.8 Å². The van der Waals surface area contributed by atoms with Crippen LogP contribution in [0, 0.1) is 5.82 Å². The van der Waals surface area contributed by atoms with E-state index in [1.54, 1.807) is 19.1 Å². The Morgan fingerprint density at radius 3 is 2.54 bits per heavy atom. The van der Waals surface area contributed by atoms with E-state index < -0.39 is 22.8 Å². The number of aryl methyl sites for hydroxylation is 1. The van der Waals surface area contributed by atoms with E-state index >= 15 is 0 Å². The van der Waals surface area contributed by atoms with Crippen LogP contribution in [-0.2, 0) is 6.54 Å². The van der Waals surface area contributed by atoms with E-state index in [2.05, 4.69) is 10.3 Å². The summed E-state index contributed by atoms with van der Waals surface area (Å²) in [6, 6.07) is 10.1. The fourth-order valence-corrected chi connectivity index (χ4v) is 2.47. The van der Waals surface area contributed by atoms with Gasteiger partial charge in [0.15, 0.2) is 0 Å². The molecule has 2 N–H and O–H groups in total. The van der Waals surface area contributed by atoms with Gasteiger partial charge in [0, 0.05) is 17.8 Å². The first-order valence-electron chi connectivity index (χ1n) is 7.33. The molecule has 0 radical (unpaired) electrons. The number of nitrogens with zero attached hydrogens (tertiary/aromatic N) is 1. The number of nitrogens with one attached hydrogen (secondary N) is 2. The minimum atomic E-state index is -0.736. The maximum atomic E-state index is 12.9. The monoisotopic (exact) mass is 327 g/mol. The Balaban J connectivity index is 2.00. The van der Waals surface area contributed by atoms with Crippen molar-refractivity contribution in [2.24, 2.45) is 0 Å². The zero-order valence-electron chi connectivity index (χ0n) is 12.8. The number of hydrogen-bond donors (Lipinski definition) is 2. The van der Waals surface area contributed by atoms with E-state index in [1.165, 1.54) is 34.9 Å². The third-order valence-corrected chi connectivity index (χ3v) is 3.66. The van der Waals surface area contributed by atoms with Gasteiger partial charge in [-0.3, -0.25) is 14.4 Å². The third-order valence-electron chi connectivity index (χ3n) is 3.66. The Morgan fingerprint density at radius 2 is 1.88 bits per heavy atom. The van der Waals surface area contributed by atoms with Crippen molar-refractivity contribution in [3.05, 3.63) is 74.6 Å². The van der Waals surface area contributed by atoms with Crippen LogP contribution < -0.4 is 16.4 Å². The number of rotatable bonds is 3. The topological polar surface area (TPSA) is 84.0 Å². The van der Waals surface area contributed by atoms with Gasteiger partial charge in [0.05, 0.1) is 11.0 Å². The number of carbonyl (C=O) groups is 1. The van der Waals surface area contributed by atoms with E-state index in [0.29, 0.717) is 28.8 Å². The SMILES string of the molecule is CCn1c(=O)c(=O)[nH]c2cc(C(=O)Nc3ccc(F)cc3)ccc21. The molecule has 3 aromatic rings. The average molecular weight is 327 g/mol. The lowest BCUT2D eigenvalue weighted by molar-refractivity contribution is 0.102. The molecule has 0 saturated carbocycles. The van der Waals surface area contributed by atoms with Gasteiger partial charge in [0.2, 0.25) is 0 Å². The molecule has 0 saturated heterocycles. The Labute approximate surface area is 135 Å². The van der Waals surface area contributed by atoms with Crippen molar-refractivity contribution in [3.63, 3.8) is 0 Å². The second kappa shape index (κ2) is 6.11. The molecule has 0 unspecified atom stereocenters. The number of amides is 1. The number of benzene rings is 2. The Hall–Kier alpha value is -3.22. The summed E-state index contributed by atoms with van der Waals surface area (Å²) >= 11 is 0. The summed E-state index contributed by atoms with van der Waals surface area (Å²) in [4.78, 5) is 38.3. The highest BCUT2D eigenvalue weighted by molar-refractivity contribution is 6.05. The molecule has 2 aromatic carbocycles. The second-order valence-corrected chi connectivity index (χ2v) is 5.20. The van der Waals surface area contributed by atoms with Gasteiger partial charge >= 0.3 is 11.1 Å². The molecule has 0 atom stereocenters. The summed E-state index contributed by atoms with van der Waals surface area (Å²) in [5, 5.41) is 2.64. The highest BCUT2D eigenvalue weighted by Gasteiger charge is 2.11. The van der Waals surface area contributed by atoms with Crippen LogP contribution in [0.3, 0.4) is 0 Å². The number of carbonyl (C=O) groups excluding carboxylic acids is 1. The number of aromatic nitrogens is 2. The van der Waals surface area contributed by atoms with Crippen molar-refractivity contribution < 1.29 is 9.18 Å². The van der Waals surface area contributed by atoms with Crippen molar-refractivity contribution in [2.75, 3.05) is 5.32 Å². The Morgan fingerprint density at radius 1 is 1.17 bits per heavy atom. The summed E-state index contributed by atoms with van der Waals surface area (Å²) in [6.45, 7) is 2.11. The largest absolute Gasteiger partial charge is 0.322 e. The molecule has 1 aromatic heterocycles. The number of hydrogen-bond acceptors (Lipinski definition) is 3. The molecule has 24 heavy (non-hydrogen) atoms. The molecule has 0 aliphatic rings. The summed E-state index contributed by atoms with van der Waals surface area (Å²) in [7, 11) is 0.